The van der Waals surface area contributed by atoms with E-state index >= 15 is 0 Å². The van der Waals surface area contributed by atoms with E-state index in [0.717, 1.165) is 12.1 Å². The number of aryl methyl sites for hydroxylation is 2. The van der Waals surface area contributed by atoms with Crippen molar-refractivity contribution in [1.82, 2.24) is 19.6 Å². The molecule has 0 aliphatic heterocycles. The molecule has 2 heterocycles. The Morgan fingerprint density at radius 2 is 2.10 bits per heavy atom. The van der Waals surface area contributed by atoms with Crippen LogP contribution in [0.2, 0.25) is 0 Å². The molecular weight excluding hydrogens is 248 g/mol. The summed E-state index contributed by atoms with van der Waals surface area (Å²) in [6, 6.07) is 9.32. The van der Waals surface area contributed by atoms with Crippen molar-refractivity contribution in [2.75, 3.05) is 0 Å². The highest BCUT2D eigenvalue weighted by molar-refractivity contribution is 5.86. The lowest BCUT2D eigenvalue weighted by Crippen LogP contribution is -1.97. The van der Waals surface area contributed by atoms with Gasteiger partial charge in [0.25, 0.3) is 0 Å². The van der Waals surface area contributed by atoms with Gasteiger partial charge in [-0.05, 0) is 31.4 Å². The number of hydrogen-bond acceptors (Lipinski definition) is 2. The molecule has 0 saturated heterocycles. The molecule has 0 unspecified atom stereocenters. The van der Waals surface area contributed by atoms with Gasteiger partial charge in [-0.25, -0.2) is 0 Å². The van der Waals surface area contributed by atoms with Crippen molar-refractivity contribution in [3.8, 4) is 11.3 Å². The summed E-state index contributed by atoms with van der Waals surface area (Å²) < 4.78 is 4.15. The average molecular weight is 266 g/mol. The van der Waals surface area contributed by atoms with Gasteiger partial charge in [-0.15, -0.1) is 0 Å². The fraction of sp³-hybridized carbons (Fsp3) is 0.375. The molecule has 0 atom stereocenters. The van der Waals surface area contributed by atoms with Gasteiger partial charge in [0.15, 0.2) is 0 Å². The van der Waals surface area contributed by atoms with Crippen LogP contribution in [0.1, 0.15) is 31.5 Å². The zero-order valence-electron chi connectivity index (χ0n) is 11.9. The Labute approximate surface area is 118 Å². The van der Waals surface area contributed by atoms with Gasteiger partial charge in [-0.2, -0.15) is 10.2 Å². The van der Waals surface area contributed by atoms with E-state index in [1.54, 1.807) is 0 Å². The van der Waals surface area contributed by atoms with Gasteiger partial charge < -0.3 is 0 Å². The molecule has 102 valence electrons. The Bertz CT molecular complexity index is 777. The van der Waals surface area contributed by atoms with Gasteiger partial charge in [-0.3, -0.25) is 9.36 Å². The Balaban J connectivity index is 1.94. The summed E-state index contributed by atoms with van der Waals surface area (Å²) in [6.45, 7) is 2.17. The minimum Gasteiger partial charge on any atom is -0.268 e. The second-order valence-electron chi connectivity index (χ2n) is 5.55. The zero-order chi connectivity index (χ0) is 13.7. The van der Waals surface area contributed by atoms with Gasteiger partial charge in [0, 0.05) is 24.2 Å². The minimum atomic E-state index is 0.611. The van der Waals surface area contributed by atoms with Crippen LogP contribution in [-0.4, -0.2) is 19.6 Å². The Morgan fingerprint density at radius 3 is 2.75 bits per heavy atom. The van der Waals surface area contributed by atoms with Crippen LogP contribution in [0.25, 0.3) is 22.2 Å². The molecule has 4 nitrogen and oxygen atoms in total. The standard InChI is InChI=1S/C16H18N4/c1-3-14-13-7-4-11(15-8-9-17-19(15)2)10-16(13)20(18-14)12-5-6-12/h4,7-10,12H,3,5-6H2,1-2H3. The number of nitrogens with zero attached hydrogens (tertiary/aromatic N) is 4. The molecule has 2 aromatic heterocycles. The Hall–Kier alpha value is -2.10. The number of rotatable bonds is 3. The summed E-state index contributed by atoms with van der Waals surface area (Å²) >= 11 is 0. The van der Waals surface area contributed by atoms with E-state index in [0.29, 0.717) is 6.04 Å². The maximum atomic E-state index is 4.81. The molecule has 1 fully saturated rings. The van der Waals surface area contributed by atoms with Crippen molar-refractivity contribution >= 4 is 10.9 Å². The van der Waals surface area contributed by atoms with Gasteiger partial charge in [0.05, 0.1) is 22.9 Å². The summed E-state index contributed by atoms with van der Waals surface area (Å²) in [5.74, 6) is 0. The van der Waals surface area contributed by atoms with E-state index in [1.807, 2.05) is 17.9 Å². The van der Waals surface area contributed by atoms with Gasteiger partial charge in [-0.1, -0.05) is 19.1 Å². The minimum absolute atomic E-state index is 0.611. The summed E-state index contributed by atoms with van der Waals surface area (Å²) in [5, 5.41) is 10.4. The average Bonchev–Trinajstić information content (AvgIpc) is 3.11. The molecule has 0 N–H and O–H groups in total. The quantitative estimate of drug-likeness (QED) is 0.729. The monoisotopic (exact) mass is 266 g/mol. The number of hydrogen-bond donors (Lipinski definition) is 0. The molecule has 0 radical (unpaired) electrons. The predicted molar refractivity (Wildman–Crippen MR) is 79.6 cm³/mol. The fourth-order valence-electron chi connectivity index (χ4n) is 2.88. The van der Waals surface area contributed by atoms with Gasteiger partial charge in [0.2, 0.25) is 0 Å². The second-order valence-corrected chi connectivity index (χ2v) is 5.55. The van der Waals surface area contributed by atoms with E-state index in [1.165, 1.54) is 35.0 Å². The third-order valence-electron chi connectivity index (χ3n) is 4.13. The lowest BCUT2D eigenvalue weighted by molar-refractivity contribution is 0.653. The van der Waals surface area contributed by atoms with Crippen molar-refractivity contribution in [3.63, 3.8) is 0 Å². The van der Waals surface area contributed by atoms with Crippen LogP contribution < -0.4 is 0 Å². The number of aromatic nitrogens is 4. The van der Waals surface area contributed by atoms with Crippen LogP contribution in [-0.2, 0) is 13.5 Å². The smallest absolute Gasteiger partial charge is 0.0700 e. The summed E-state index contributed by atoms with van der Waals surface area (Å²) in [6.07, 6.45) is 5.35. The van der Waals surface area contributed by atoms with Crippen molar-refractivity contribution in [2.45, 2.75) is 32.2 Å². The normalized spacial score (nSPS) is 15.1. The molecule has 20 heavy (non-hydrogen) atoms. The van der Waals surface area contributed by atoms with Crippen LogP contribution in [0.3, 0.4) is 0 Å². The molecule has 1 aromatic carbocycles. The SMILES string of the molecule is CCc1nn(C2CC2)c2cc(-c3ccnn3C)ccc12. The van der Waals surface area contributed by atoms with Crippen LogP contribution in [0, 0.1) is 0 Å². The lowest BCUT2D eigenvalue weighted by atomic mass is 10.1. The van der Waals surface area contributed by atoms with Crippen molar-refractivity contribution < 1.29 is 0 Å². The van der Waals surface area contributed by atoms with Crippen LogP contribution in [0.4, 0.5) is 0 Å². The largest absolute Gasteiger partial charge is 0.268 e. The molecule has 3 aromatic rings. The van der Waals surface area contributed by atoms with Crippen LogP contribution in [0.15, 0.2) is 30.5 Å². The molecule has 1 saturated carbocycles. The van der Waals surface area contributed by atoms with Crippen molar-refractivity contribution in [2.24, 2.45) is 7.05 Å². The predicted octanol–water partition coefficient (Wildman–Crippen LogP) is 3.33. The molecule has 0 spiro atoms. The first-order valence-corrected chi connectivity index (χ1v) is 7.27. The van der Waals surface area contributed by atoms with Crippen LogP contribution in [0.5, 0.6) is 0 Å². The number of benzene rings is 1. The van der Waals surface area contributed by atoms with Gasteiger partial charge >= 0.3 is 0 Å². The van der Waals surface area contributed by atoms with Crippen molar-refractivity contribution in [3.05, 3.63) is 36.2 Å². The summed E-state index contributed by atoms with van der Waals surface area (Å²) in [7, 11) is 1.98. The highest BCUT2D eigenvalue weighted by Gasteiger charge is 2.27. The topological polar surface area (TPSA) is 35.6 Å². The third kappa shape index (κ3) is 1.68. The van der Waals surface area contributed by atoms with E-state index < -0.39 is 0 Å². The second kappa shape index (κ2) is 4.20. The summed E-state index contributed by atoms with van der Waals surface area (Å²) in [5.41, 5.74) is 4.84. The maximum Gasteiger partial charge on any atom is 0.0700 e. The highest BCUT2D eigenvalue weighted by atomic mass is 15.3. The van der Waals surface area contributed by atoms with Gasteiger partial charge in [0.1, 0.15) is 0 Å². The third-order valence-corrected chi connectivity index (χ3v) is 4.13. The Morgan fingerprint density at radius 1 is 1.25 bits per heavy atom. The van der Waals surface area contributed by atoms with E-state index in [9.17, 15) is 0 Å². The molecule has 4 rings (SSSR count). The lowest BCUT2D eigenvalue weighted by Gasteiger charge is -2.04. The number of fused-ring (bicyclic) bond motifs is 1. The van der Waals surface area contributed by atoms with E-state index in [2.05, 4.69) is 41.0 Å². The molecule has 0 amide bonds. The molecule has 1 aliphatic rings. The first kappa shape index (κ1) is 11.7. The molecular formula is C16H18N4. The molecule has 1 aliphatic carbocycles. The first-order chi connectivity index (χ1) is 9.78. The van der Waals surface area contributed by atoms with E-state index in [4.69, 9.17) is 5.10 Å². The zero-order valence-corrected chi connectivity index (χ0v) is 11.9. The van der Waals surface area contributed by atoms with Crippen molar-refractivity contribution in [1.29, 1.82) is 0 Å². The van der Waals surface area contributed by atoms with E-state index in [-0.39, 0.29) is 0 Å². The Kier molecular flexibility index (Phi) is 2.46. The first-order valence-electron chi connectivity index (χ1n) is 7.27. The summed E-state index contributed by atoms with van der Waals surface area (Å²) in [4.78, 5) is 0. The highest BCUT2D eigenvalue weighted by Crippen LogP contribution is 2.38. The fourth-order valence-corrected chi connectivity index (χ4v) is 2.88. The van der Waals surface area contributed by atoms with Crippen LogP contribution >= 0.6 is 0 Å². The maximum absolute atomic E-state index is 4.81. The molecule has 4 heteroatoms. The molecule has 0 bridgehead atoms.